The summed E-state index contributed by atoms with van der Waals surface area (Å²) in [6, 6.07) is 13.0. The summed E-state index contributed by atoms with van der Waals surface area (Å²) >= 11 is 6.13. The SMILES string of the molecule is Cc1ccc(C(=O)Nc2ccnc3c(C)c(Cl)ccc23)cc1. The van der Waals surface area contributed by atoms with Crippen LogP contribution in [0.2, 0.25) is 5.02 Å². The van der Waals surface area contributed by atoms with Crippen molar-refractivity contribution >= 4 is 34.1 Å². The second-order valence-corrected chi connectivity index (χ2v) is 5.65. The first kappa shape index (κ1) is 14.5. The van der Waals surface area contributed by atoms with Crippen LogP contribution in [0.5, 0.6) is 0 Å². The van der Waals surface area contributed by atoms with Gasteiger partial charge in [-0.3, -0.25) is 9.78 Å². The summed E-state index contributed by atoms with van der Waals surface area (Å²) in [6.45, 7) is 3.91. The number of amides is 1. The van der Waals surface area contributed by atoms with E-state index in [1.165, 1.54) is 0 Å². The summed E-state index contributed by atoms with van der Waals surface area (Å²) in [6.07, 6.45) is 1.68. The van der Waals surface area contributed by atoms with Crippen molar-refractivity contribution in [2.24, 2.45) is 0 Å². The zero-order valence-corrected chi connectivity index (χ0v) is 13.1. The smallest absolute Gasteiger partial charge is 0.255 e. The summed E-state index contributed by atoms with van der Waals surface area (Å²) in [7, 11) is 0. The van der Waals surface area contributed by atoms with Gasteiger partial charge in [-0.15, -0.1) is 0 Å². The number of carbonyl (C=O) groups is 1. The summed E-state index contributed by atoms with van der Waals surface area (Å²) in [5.74, 6) is -0.139. The third-order valence-electron chi connectivity index (χ3n) is 3.66. The molecule has 0 aliphatic rings. The molecule has 0 saturated heterocycles. The van der Waals surface area contributed by atoms with Crippen LogP contribution in [0, 0.1) is 13.8 Å². The fraction of sp³-hybridized carbons (Fsp3) is 0.111. The maximum atomic E-state index is 12.4. The number of fused-ring (bicyclic) bond motifs is 1. The van der Waals surface area contributed by atoms with Gasteiger partial charge in [-0.1, -0.05) is 29.3 Å². The van der Waals surface area contributed by atoms with Gasteiger partial charge < -0.3 is 5.32 Å². The van der Waals surface area contributed by atoms with Gasteiger partial charge in [0.1, 0.15) is 0 Å². The van der Waals surface area contributed by atoms with Gasteiger partial charge in [-0.2, -0.15) is 0 Å². The van der Waals surface area contributed by atoms with Crippen molar-refractivity contribution < 1.29 is 4.79 Å². The maximum absolute atomic E-state index is 12.4. The average molecular weight is 311 g/mol. The van der Waals surface area contributed by atoms with Gasteiger partial charge in [0, 0.05) is 22.2 Å². The molecule has 22 heavy (non-hydrogen) atoms. The molecule has 0 aliphatic heterocycles. The molecule has 3 nitrogen and oxygen atoms in total. The largest absolute Gasteiger partial charge is 0.321 e. The second-order valence-electron chi connectivity index (χ2n) is 5.25. The number of nitrogens with zero attached hydrogens (tertiary/aromatic N) is 1. The van der Waals surface area contributed by atoms with Crippen molar-refractivity contribution in [1.82, 2.24) is 4.98 Å². The Hall–Kier alpha value is -2.39. The summed E-state index contributed by atoms with van der Waals surface area (Å²) in [4.78, 5) is 16.7. The lowest BCUT2D eigenvalue weighted by atomic mass is 10.1. The van der Waals surface area contributed by atoms with E-state index in [-0.39, 0.29) is 5.91 Å². The van der Waals surface area contributed by atoms with Gasteiger partial charge in [0.2, 0.25) is 0 Å². The molecule has 0 unspecified atom stereocenters. The van der Waals surface area contributed by atoms with E-state index in [2.05, 4.69) is 10.3 Å². The van der Waals surface area contributed by atoms with Crippen LogP contribution in [0.15, 0.2) is 48.7 Å². The normalized spacial score (nSPS) is 10.7. The van der Waals surface area contributed by atoms with E-state index in [1.54, 1.807) is 12.3 Å². The zero-order valence-electron chi connectivity index (χ0n) is 12.4. The minimum Gasteiger partial charge on any atom is -0.321 e. The highest BCUT2D eigenvalue weighted by atomic mass is 35.5. The van der Waals surface area contributed by atoms with E-state index >= 15 is 0 Å². The van der Waals surface area contributed by atoms with Crippen molar-refractivity contribution in [3.63, 3.8) is 0 Å². The molecule has 1 N–H and O–H groups in total. The van der Waals surface area contributed by atoms with E-state index in [0.717, 1.165) is 27.7 Å². The molecule has 1 heterocycles. The molecule has 2 aromatic carbocycles. The Morgan fingerprint density at radius 3 is 2.50 bits per heavy atom. The number of carbonyl (C=O) groups excluding carboxylic acids is 1. The van der Waals surface area contributed by atoms with Crippen LogP contribution in [0.25, 0.3) is 10.9 Å². The third-order valence-corrected chi connectivity index (χ3v) is 4.07. The van der Waals surface area contributed by atoms with E-state index in [9.17, 15) is 4.79 Å². The van der Waals surface area contributed by atoms with Crippen LogP contribution in [0.3, 0.4) is 0 Å². The topological polar surface area (TPSA) is 42.0 Å². The quantitative estimate of drug-likeness (QED) is 0.741. The molecular weight excluding hydrogens is 296 g/mol. The van der Waals surface area contributed by atoms with Crippen molar-refractivity contribution in [2.75, 3.05) is 5.32 Å². The molecular formula is C18H15ClN2O. The first-order valence-electron chi connectivity index (χ1n) is 6.98. The molecule has 0 atom stereocenters. The highest BCUT2D eigenvalue weighted by molar-refractivity contribution is 6.32. The molecule has 0 bridgehead atoms. The van der Waals surface area contributed by atoms with Crippen LogP contribution in [-0.2, 0) is 0 Å². The molecule has 3 aromatic rings. The zero-order chi connectivity index (χ0) is 15.7. The first-order valence-corrected chi connectivity index (χ1v) is 7.36. The minimum absolute atomic E-state index is 0.139. The summed E-state index contributed by atoms with van der Waals surface area (Å²) in [5.41, 5.74) is 4.19. The molecule has 0 saturated carbocycles. The number of hydrogen-bond donors (Lipinski definition) is 1. The van der Waals surface area contributed by atoms with Crippen LogP contribution in [0.1, 0.15) is 21.5 Å². The number of halogens is 1. The van der Waals surface area contributed by atoms with Gasteiger partial charge in [-0.25, -0.2) is 0 Å². The summed E-state index contributed by atoms with van der Waals surface area (Å²) in [5, 5.41) is 4.49. The fourth-order valence-corrected chi connectivity index (χ4v) is 2.50. The fourth-order valence-electron chi connectivity index (χ4n) is 2.34. The standard InChI is InChI=1S/C18H15ClN2O/c1-11-3-5-13(6-4-11)18(22)21-16-9-10-20-17-12(2)15(19)8-7-14(16)17/h3-10H,1-2H3,(H,20,21,22). The van der Waals surface area contributed by atoms with Crippen LogP contribution >= 0.6 is 11.6 Å². The number of aryl methyl sites for hydroxylation is 2. The van der Waals surface area contributed by atoms with Gasteiger partial charge in [0.25, 0.3) is 5.91 Å². The lowest BCUT2D eigenvalue weighted by Gasteiger charge is -2.10. The molecule has 1 amide bonds. The Bertz CT molecular complexity index is 857. The number of hydrogen-bond acceptors (Lipinski definition) is 2. The number of nitrogens with one attached hydrogen (secondary N) is 1. The predicted molar refractivity (Wildman–Crippen MR) is 90.6 cm³/mol. The molecule has 0 radical (unpaired) electrons. The van der Waals surface area contributed by atoms with Crippen LogP contribution in [0.4, 0.5) is 5.69 Å². The number of pyridine rings is 1. The number of anilines is 1. The maximum Gasteiger partial charge on any atom is 0.255 e. The Kier molecular flexibility index (Phi) is 3.82. The van der Waals surface area contributed by atoms with Crippen molar-refractivity contribution in [3.05, 3.63) is 70.4 Å². The Balaban J connectivity index is 1.99. The van der Waals surface area contributed by atoms with Crippen molar-refractivity contribution in [1.29, 1.82) is 0 Å². The van der Waals surface area contributed by atoms with Gasteiger partial charge in [-0.05, 0) is 49.7 Å². The highest BCUT2D eigenvalue weighted by Crippen LogP contribution is 2.28. The van der Waals surface area contributed by atoms with Crippen LogP contribution < -0.4 is 5.32 Å². The van der Waals surface area contributed by atoms with Crippen LogP contribution in [-0.4, -0.2) is 10.9 Å². The Morgan fingerprint density at radius 2 is 1.77 bits per heavy atom. The minimum atomic E-state index is -0.139. The second kappa shape index (κ2) is 5.78. The first-order chi connectivity index (χ1) is 10.6. The highest BCUT2D eigenvalue weighted by Gasteiger charge is 2.10. The van der Waals surface area contributed by atoms with Gasteiger partial charge >= 0.3 is 0 Å². The molecule has 3 rings (SSSR count). The van der Waals surface area contributed by atoms with Crippen molar-refractivity contribution in [3.8, 4) is 0 Å². The number of rotatable bonds is 2. The number of benzene rings is 2. The number of aromatic nitrogens is 1. The molecule has 4 heteroatoms. The summed E-state index contributed by atoms with van der Waals surface area (Å²) < 4.78 is 0. The molecule has 0 spiro atoms. The Labute approximate surface area is 133 Å². The molecule has 0 aliphatic carbocycles. The van der Waals surface area contributed by atoms with E-state index < -0.39 is 0 Å². The molecule has 0 fully saturated rings. The lowest BCUT2D eigenvalue weighted by molar-refractivity contribution is 0.102. The third kappa shape index (κ3) is 2.68. The van der Waals surface area contributed by atoms with Gasteiger partial charge in [0.15, 0.2) is 0 Å². The predicted octanol–water partition coefficient (Wildman–Crippen LogP) is 4.76. The van der Waals surface area contributed by atoms with E-state index in [4.69, 9.17) is 11.6 Å². The average Bonchev–Trinajstić information content (AvgIpc) is 2.52. The van der Waals surface area contributed by atoms with Crippen molar-refractivity contribution in [2.45, 2.75) is 13.8 Å². The van der Waals surface area contributed by atoms with E-state index in [0.29, 0.717) is 10.6 Å². The molecule has 1 aromatic heterocycles. The van der Waals surface area contributed by atoms with Gasteiger partial charge in [0.05, 0.1) is 11.2 Å². The monoisotopic (exact) mass is 310 g/mol. The Morgan fingerprint density at radius 1 is 1.05 bits per heavy atom. The molecule has 110 valence electrons. The van der Waals surface area contributed by atoms with E-state index in [1.807, 2.05) is 50.2 Å². The lowest BCUT2D eigenvalue weighted by Crippen LogP contribution is -2.12.